The molecule has 5 heteroatoms. The van der Waals surface area contributed by atoms with E-state index in [9.17, 15) is 9.59 Å². The van der Waals surface area contributed by atoms with Gasteiger partial charge in [-0.25, -0.2) is 0 Å². The predicted octanol–water partition coefficient (Wildman–Crippen LogP) is 4.31. The molecule has 2 amide bonds. The van der Waals surface area contributed by atoms with Crippen LogP contribution in [-0.2, 0) is 22.7 Å². The van der Waals surface area contributed by atoms with Crippen molar-refractivity contribution in [3.8, 4) is 0 Å². The fourth-order valence-corrected chi connectivity index (χ4v) is 3.87. The van der Waals surface area contributed by atoms with Crippen LogP contribution in [0.1, 0.15) is 43.6 Å². The highest BCUT2D eigenvalue weighted by Crippen LogP contribution is 2.28. The van der Waals surface area contributed by atoms with E-state index in [0.29, 0.717) is 25.4 Å². The van der Waals surface area contributed by atoms with E-state index < -0.39 is 0 Å². The molecule has 1 aromatic heterocycles. The number of amides is 2. The average Bonchev–Trinajstić information content (AvgIpc) is 3.35. The zero-order valence-electron chi connectivity index (χ0n) is 16.1. The van der Waals surface area contributed by atoms with Gasteiger partial charge >= 0.3 is 0 Å². The van der Waals surface area contributed by atoms with Crippen LogP contribution in [0.15, 0.2) is 47.8 Å². The molecule has 0 unspecified atom stereocenters. The SMILES string of the molecule is CC(C)CC(=O)N(CC(=O)N(Cc1ccccc1)Cc1cccs1)C1CC1. The monoisotopic (exact) mass is 384 g/mol. The number of thiophene rings is 1. The fourth-order valence-electron chi connectivity index (χ4n) is 3.15. The number of carbonyl (C=O) groups excluding carboxylic acids is 2. The zero-order valence-corrected chi connectivity index (χ0v) is 17.0. The van der Waals surface area contributed by atoms with Crippen molar-refractivity contribution in [1.29, 1.82) is 0 Å². The van der Waals surface area contributed by atoms with Crippen molar-refractivity contribution in [2.75, 3.05) is 6.54 Å². The zero-order chi connectivity index (χ0) is 19.2. The summed E-state index contributed by atoms with van der Waals surface area (Å²) in [5.41, 5.74) is 1.11. The highest BCUT2D eigenvalue weighted by Gasteiger charge is 2.34. The summed E-state index contributed by atoms with van der Waals surface area (Å²) in [7, 11) is 0. The summed E-state index contributed by atoms with van der Waals surface area (Å²) in [6.07, 6.45) is 2.54. The van der Waals surface area contributed by atoms with E-state index in [1.165, 1.54) is 0 Å². The molecule has 3 rings (SSSR count). The Morgan fingerprint density at radius 1 is 1.04 bits per heavy atom. The molecule has 1 aliphatic carbocycles. The van der Waals surface area contributed by atoms with Gasteiger partial charge < -0.3 is 9.80 Å². The summed E-state index contributed by atoms with van der Waals surface area (Å²) in [5.74, 6) is 0.438. The smallest absolute Gasteiger partial charge is 0.242 e. The van der Waals surface area contributed by atoms with Crippen molar-refractivity contribution in [2.45, 2.75) is 52.2 Å². The third-order valence-electron chi connectivity index (χ3n) is 4.69. The van der Waals surface area contributed by atoms with Gasteiger partial charge in [-0.3, -0.25) is 9.59 Å². The first kappa shape index (κ1) is 19.6. The van der Waals surface area contributed by atoms with E-state index in [4.69, 9.17) is 0 Å². The molecule has 0 atom stereocenters. The van der Waals surface area contributed by atoms with Gasteiger partial charge in [0.1, 0.15) is 6.54 Å². The van der Waals surface area contributed by atoms with Crippen LogP contribution in [0.25, 0.3) is 0 Å². The molecule has 2 aromatic rings. The lowest BCUT2D eigenvalue weighted by Gasteiger charge is -2.28. The maximum absolute atomic E-state index is 13.1. The molecular weight excluding hydrogens is 356 g/mol. The molecule has 0 radical (unpaired) electrons. The highest BCUT2D eigenvalue weighted by atomic mass is 32.1. The second-order valence-corrected chi connectivity index (χ2v) is 8.70. The quantitative estimate of drug-likeness (QED) is 0.646. The fraction of sp³-hybridized carbons (Fsp3) is 0.455. The summed E-state index contributed by atoms with van der Waals surface area (Å²) in [5, 5.41) is 2.03. The van der Waals surface area contributed by atoms with Crippen LogP contribution in [0.4, 0.5) is 0 Å². The second kappa shape index (κ2) is 9.18. The Morgan fingerprint density at radius 2 is 1.78 bits per heavy atom. The number of rotatable bonds is 9. The minimum absolute atomic E-state index is 0.0243. The molecule has 1 aliphatic rings. The average molecular weight is 385 g/mol. The largest absolute Gasteiger partial charge is 0.332 e. The van der Waals surface area contributed by atoms with E-state index in [0.717, 1.165) is 23.3 Å². The molecule has 0 saturated heterocycles. The first-order valence-corrected chi connectivity index (χ1v) is 10.5. The van der Waals surface area contributed by atoms with E-state index in [2.05, 4.69) is 6.07 Å². The number of benzene rings is 1. The summed E-state index contributed by atoms with van der Waals surface area (Å²) in [4.78, 5) is 30.6. The minimum atomic E-state index is 0.0243. The summed E-state index contributed by atoms with van der Waals surface area (Å²) in [6, 6.07) is 14.4. The normalized spacial score (nSPS) is 13.6. The molecule has 0 spiro atoms. The van der Waals surface area contributed by atoms with Crippen molar-refractivity contribution in [3.05, 3.63) is 58.3 Å². The molecule has 0 N–H and O–H groups in total. The lowest BCUT2D eigenvalue weighted by atomic mass is 10.1. The topological polar surface area (TPSA) is 40.6 Å². The highest BCUT2D eigenvalue weighted by molar-refractivity contribution is 7.09. The third kappa shape index (κ3) is 5.93. The molecular formula is C22H28N2O2S. The summed E-state index contributed by atoms with van der Waals surface area (Å²) < 4.78 is 0. The predicted molar refractivity (Wildman–Crippen MR) is 109 cm³/mol. The van der Waals surface area contributed by atoms with E-state index in [1.807, 2.05) is 65.4 Å². The molecule has 1 heterocycles. The molecule has 0 aliphatic heterocycles. The molecule has 27 heavy (non-hydrogen) atoms. The molecule has 4 nitrogen and oxygen atoms in total. The number of hydrogen-bond donors (Lipinski definition) is 0. The Morgan fingerprint density at radius 3 is 2.37 bits per heavy atom. The molecule has 0 bridgehead atoms. The van der Waals surface area contributed by atoms with E-state index in [1.54, 1.807) is 11.3 Å². The first-order valence-electron chi connectivity index (χ1n) is 9.66. The summed E-state index contributed by atoms with van der Waals surface area (Å²) in [6.45, 7) is 5.43. The van der Waals surface area contributed by atoms with Crippen molar-refractivity contribution in [3.63, 3.8) is 0 Å². The van der Waals surface area contributed by atoms with Crippen LogP contribution < -0.4 is 0 Å². The van der Waals surface area contributed by atoms with Gasteiger partial charge in [-0.2, -0.15) is 0 Å². The standard InChI is InChI=1S/C22H28N2O2S/c1-17(2)13-21(25)24(19-10-11-19)16-22(26)23(15-20-9-6-12-27-20)14-18-7-4-3-5-8-18/h3-9,12,17,19H,10-11,13-16H2,1-2H3. The van der Waals surface area contributed by atoms with Crippen molar-refractivity contribution < 1.29 is 9.59 Å². The van der Waals surface area contributed by atoms with Crippen molar-refractivity contribution in [1.82, 2.24) is 9.80 Å². The second-order valence-electron chi connectivity index (χ2n) is 7.67. The van der Waals surface area contributed by atoms with Gasteiger partial charge in [0, 0.05) is 23.9 Å². The van der Waals surface area contributed by atoms with Gasteiger partial charge in [0.25, 0.3) is 0 Å². The van der Waals surface area contributed by atoms with Gasteiger partial charge in [0.15, 0.2) is 0 Å². The molecule has 1 aromatic carbocycles. The first-order chi connectivity index (χ1) is 13.0. The van der Waals surface area contributed by atoms with Crippen LogP contribution >= 0.6 is 11.3 Å². The number of nitrogens with zero attached hydrogens (tertiary/aromatic N) is 2. The van der Waals surface area contributed by atoms with Gasteiger partial charge in [-0.05, 0) is 35.8 Å². The van der Waals surface area contributed by atoms with Crippen LogP contribution in [0.2, 0.25) is 0 Å². The molecule has 1 saturated carbocycles. The lowest BCUT2D eigenvalue weighted by Crippen LogP contribution is -2.43. The Hall–Kier alpha value is -2.14. The minimum Gasteiger partial charge on any atom is -0.332 e. The number of carbonyl (C=O) groups is 2. The Balaban J connectivity index is 1.71. The van der Waals surface area contributed by atoms with Crippen LogP contribution in [-0.4, -0.2) is 34.2 Å². The third-order valence-corrected chi connectivity index (χ3v) is 5.55. The van der Waals surface area contributed by atoms with E-state index in [-0.39, 0.29) is 24.4 Å². The molecule has 144 valence electrons. The summed E-state index contributed by atoms with van der Waals surface area (Å²) >= 11 is 1.66. The van der Waals surface area contributed by atoms with Crippen molar-refractivity contribution in [2.24, 2.45) is 5.92 Å². The lowest BCUT2D eigenvalue weighted by molar-refractivity contribution is -0.142. The van der Waals surface area contributed by atoms with Crippen LogP contribution in [0, 0.1) is 5.92 Å². The number of hydrogen-bond acceptors (Lipinski definition) is 3. The molecule has 1 fully saturated rings. The Kier molecular flexibility index (Phi) is 6.67. The van der Waals surface area contributed by atoms with Gasteiger partial charge in [0.2, 0.25) is 11.8 Å². The Labute approximate surface area is 165 Å². The van der Waals surface area contributed by atoms with Crippen LogP contribution in [0.3, 0.4) is 0 Å². The van der Waals surface area contributed by atoms with Gasteiger partial charge in [-0.1, -0.05) is 50.2 Å². The van der Waals surface area contributed by atoms with Gasteiger partial charge in [0.05, 0.1) is 6.54 Å². The Bertz CT molecular complexity index is 739. The van der Waals surface area contributed by atoms with Crippen molar-refractivity contribution >= 4 is 23.2 Å². The maximum atomic E-state index is 13.1. The van der Waals surface area contributed by atoms with Crippen LogP contribution in [0.5, 0.6) is 0 Å². The van der Waals surface area contributed by atoms with E-state index >= 15 is 0 Å². The maximum Gasteiger partial charge on any atom is 0.242 e. The van der Waals surface area contributed by atoms with Gasteiger partial charge in [-0.15, -0.1) is 11.3 Å².